The lowest BCUT2D eigenvalue weighted by Crippen LogP contribution is -2.39. The lowest BCUT2D eigenvalue weighted by molar-refractivity contribution is 0.00629. The molecular formula is C11H15NO2. The van der Waals surface area contributed by atoms with Gasteiger partial charge in [-0.3, -0.25) is 0 Å². The minimum absolute atomic E-state index is 0.0456. The van der Waals surface area contributed by atoms with Crippen LogP contribution >= 0.6 is 0 Å². The first-order valence-electron chi connectivity index (χ1n) is 4.82. The molecular weight excluding hydrogens is 178 g/mol. The second kappa shape index (κ2) is 3.26. The Kier molecular flexibility index (Phi) is 2.21. The topological polar surface area (TPSA) is 55.5 Å². The molecule has 76 valence electrons. The van der Waals surface area contributed by atoms with Crippen molar-refractivity contribution in [3.05, 3.63) is 29.8 Å². The molecule has 2 rings (SSSR count). The van der Waals surface area contributed by atoms with Crippen molar-refractivity contribution in [2.24, 2.45) is 5.73 Å². The van der Waals surface area contributed by atoms with E-state index < -0.39 is 5.60 Å². The van der Waals surface area contributed by atoms with Gasteiger partial charge in [0.05, 0.1) is 0 Å². The third kappa shape index (κ3) is 1.29. The second-order valence-corrected chi connectivity index (χ2v) is 3.87. The molecule has 3 nitrogen and oxygen atoms in total. The lowest BCUT2D eigenvalue weighted by atomic mass is 9.88. The molecule has 1 heterocycles. The van der Waals surface area contributed by atoms with Gasteiger partial charge in [-0.1, -0.05) is 18.2 Å². The lowest BCUT2D eigenvalue weighted by Gasteiger charge is -2.29. The van der Waals surface area contributed by atoms with Crippen molar-refractivity contribution in [1.29, 1.82) is 0 Å². The van der Waals surface area contributed by atoms with Gasteiger partial charge in [-0.25, -0.2) is 0 Å². The number of benzene rings is 1. The molecule has 0 saturated carbocycles. The Morgan fingerprint density at radius 3 is 2.79 bits per heavy atom. The molecule has 14 heavy (non-hydrogen) atoms. The Bertz CT molecular complexity index is 340. The quantitative estimate of drug-likeness (QED) is 0.708. The summed E-state index contributed by atoms with van der Waals surface area (Å²) >= 11 is 0. The molecule has 0 amide bonds. The maximum atomic E-state index is 9.72. The smallest absolute Gasteiger partial charge is 0.121 e. The molecule has 0 bridgehead atoms. The summed E-state index contributed by atoms with van der Waals surface area (Å²) in [5.74, 6) is 0.257. The zero-order valence-electron chi connectivity index (χ0n) is 8.23. The van der Waals surface area contributed by atoms with Gasteiger partial charge in [-0.15, -0.1) is 0 Å². The highest BCUT2D eigenvalue weighted by Gasteiger charge is 2.40. The molecule has 0 radical (unpaired) electrons. The number of hydrogen-bond donors (Lipinski definition) is 2. The van der Waals surface area contributed by atoms with Gasteiger partial charge < -0.3 is 15.6 Å². The second-order valence-electron chi connectivity index (χ2n) is 3.87. The average Bonchev–Trinajstić information content (AvgIpc) is 2.49. The largest absolute Gasteiger partial charge is 0.508 e. The molecule has 0 aliphatic carbocycles. The van der Waals surface area contributed by atoms with Crippen molar-refractivity contribution < 1.29 is 9.84 Å². The van der Waals surface area contributed by atoms with E-state index in [9.17, 15) is 5.11 Å². The number of hydrogen-bond acceptors (Lipinski definition) is 3. The number of rotatable bonds is 1. The SMILES string of the molecule is CC1(c2ccccc2O)OCCC1N. The molecule has 1 aromatic carbocycles. The van der Waals surface area contributed by atoms with Crippen LogP contribution in [0.25, 0.3) is 0 Å². The van der Waals surface area contributed by atoms with Crippen LogP contribution in [0.3, 0.4) is 0 Å². The van der Waals surface area contributed by atoms with E-state index in [1.54, 1.807) is 12.1 Å². The number of phenols is 1. The summed E-state index contributed by atoms with van der Waals surface area (Å²) in [5.41, 5.74) is 6.22. The van der Waals surface area contributed by atoms with E-state index in [0.29, 0.717) is 6.61 Å². The van der Waals surface area contributed by atoms with Gasteiger partial charge >= 0.3 is 0 Å². The summed E-state index contributed by atoms with van der Waals surface area (Å²) in [7, 11) is 0. The number of aromatic hydroxyl groups is 1. The van der Waals surface area contributed by atoms with E-state index in [0.717, 1.165) is 12.0 Å². The molecule has 3 heteroatoms. The van der Waals surface area contributed by atoms with Crippen LogP contribution in [0.15, 0.2) is 24.3 Å². The van der Waals surface area contributed by atoms with Gasteiger partial charge in [0.15, 0.2) is 0 Å². The number of nitrogens with two attached hydrogens (primary N) is 1. The van der Waals surface area contributed by atoms with Crippen LogP contribution in [0.5, 0.6) is 5.75 Å². The van der Waals surface area contributed by atoms with Crippen LogP contribution in [-0.2, 0) is 10.3 Å². The molecule has 2 unspecified atom stereocenters. The summed E-state index contributed by atoms with van der Waals surface area (Å²) < 4.78 is 5.63. The molecule has 1 aliphatic heterocycles. The number of para-hydroxylation sites is 1. The summed E-state index contributed by atoms with van der Waals surface area (Å²) in [6.07, 6.45) is 0.838. The Balaban J connectivity index is 2.43. The predicted octanol–water partition coefficient (Wildman–Crippen LogP) is 1.36. The van der Waals surface area contributed by atoms with Crippen LogP contribution < -0.4 is 5.73 Å². The number of phenolic OH excluding ortho intramolecular Hbond substituents is 1. The highest BCUT2D eigenvalue weighted by atomic mass is 16.5. The molecule has 0 spiro atoms. The predicted molar refractivity (Wildman–Crippen MR) is 54.0 cm³/mol. The van der Waals surface area contributed by atoms with Crippen molar-refractivity contribution in [3.63, 3.8) is 0 Å². The van der Waals surface area contributed by atoms with Gasteiger partial charge in [0.2, 0.25) is 0 Å². The fourth-order valence-corrected chi connectivity index (χ4v) is 1.95. The minimum Gasteiger partial charge on any atom is -0.508 e. The van der Waals surface area contributed by atoms with E-state index in [1.807, 2.05) is 19.1 Å². The maximum absolute atomic E-state index is 9.72. The van der Waals surface area contributed by atoms with E-state index in [1.165, 1.54) is 0 Å². The number of ether oxygens (including phenoxy) is 1. The highest BCUT2D eigenvalue weighted by molar-refractivity contribution is 5.38. The summed E-state index contributed by atoms with van der Waals surface area (Å²) in [6, 6.07) is 7.16. The average molecular weight is 193 g/mol. The fraction of sp³-hybridized carbons (Fsp3) is 0.455. The molecule has 1 aromatic rings. The van der Waals surface area contributed by atoms with Crippen LogP contribution in [0.2, 0.25) is 0 Å². The zero-order valence-corrected chi connectivity index (χ0v) is 8.23. The summed E-state index contributed by atoms with van der Waals surface area (Å²) in [4.78, 5) is 0. The Morgan fingerprint density at radius 1 is 1.50 bits per heavy atom. The zero-order chi connectivity index (χ0) is 10.2. The highest BCUT2D eigenvalue weighted by Crippen LogP contribution is 2.38. The maximum Gasteiger partial charge on any atom is 0.121 e. The fourth-order valence-electron chi connectivity index (χ4n) is 1.95. The first-order valence-corrected chi connectivity index (χ1v) is 4.82. The third-order valence-electron chi connectivity index (χ3n) is 2.98. The first kappa shape index (κ1) is 9.49. The molecule has 3 N–H and O–H groups in total. The standard InChI is InChI=1S/C11H15NO2/c1-11(10(12)6-7-14-11)8-4-2-3-5-9(8)13/h2-5,10,13H,6-7,12H2,1H3. The van der Waals surface area contributed by atoms with E-state index in [2.05, 4.69) is 0 Å². The van der Waals surface area contributed by atoms with Gasteiger partial charge in [0, 0.05) is 18.2 Å². The summed E-state index contributed by atoms with van der Waals surface area (Å²) in [5, 5.41) is 9.72. The van der Waals surface area contributed by atoms with Crippen LogP contribution in [-0.4, -0.2) is 17.8 Å². The van der Waals surface area contributed by atoms with Gasteiger partial charge in [-0.05, 0) is 19.4 Å². The third-order valence-corrected chi connectivity index (χ3v) is 2.98. The van der Waals surface area contributed by atoms with Crippen LogP contribution in [0.1, 0.15) is 18.9 Å². The molecule has 1 aliphatic rings. The van der Waals surface area contributed by atoms with E-state index >= 15 is 0 Å². The normalized spacial score (nSPS) is 32.0. The molecule has 1 saturated heterocycles. The van der Waals surface area contributed by atoms with Gasteiger partial charge in [0.1, 0.15) is 11.4 Å². The van der Waals surface area contributed by atoms with E-state index in [-0.39, 0.29) is 11.8 Å². The Morgan fingerprint density at radius 2 is 2.21 bits per heavy atom. The van der Waals surface area contributed by atoms with Crippen molar-refractivity contribution in [2.75, 3.05) is 6.61 Å². The van der Waals surface area contributed by atoms with Crippen molar-refractivity contribution in [3.8, 4) is 5.75 Å². The molecule has 2 atom stereocenters. The van der Waals surface area contributed by atoms with Crippen molar-refractivity contribution >= 4 is 0 Å². The van der Waals surface area contributed by atoms with Crippen molar-refractivity contribution in [1.82, 2.24) is 0 Å². The Labute approximate surface area is 83.5 Å². The van der Waals surface area contributed by atoms with Crippen LogP contribution in [0, 0.1) is 0 Å². The Hall–Kier alpha value is -1.06. The van der Waals surface area contributed by atoms with Crippen LogP contribution in [0.4, 0.5) is 0 Å². The van der Waals surface area contributed by atoms with Gasteiger partial charge in [-0.2, -0.15) is 0 Å². The molecule has 1 fully saturated rings. The monoisotopic (exact) mass is 193 g/mol. The first-order chi connectivity index (χ1) is 6.64. The molecule has 0 aromatic heterocycles. The van der Waals surface area contributed by atoms with Gasteiger partial charge in [0.25, 0.3) is 0 Å². The summed E-state index contributed by atoms with van der Waals surface area (Å²) in [6.45, 7) is 2.59. The van der Waals surface area contributed by atoms with Crippen molar-refractivity contribution in [2.45, 2.75) is 25.0 Å². The minimum atomic E-state index is -0.536. The van der Waals surface area contributed by atoms with E-state index in [4.69, 9.17) is 10.5 Å².